The fourth-order valence-electron chi connectivity index (χ4n) is 3.28. The lowest BCUT2D eigenvalue weighted by Crippen LogP contribution is -2.46. The summed E-state index contributed by atoms with van der Waals surface area (Å²) >= 11 is 2.21. The minimum absolute atomic E-state index is 0.0604. The predicted octanol–water partition coefficient (Wildman–Crippen LogP) is 1.80. The molecule has 1 amide bonds. The molecule has 2 aromatic heterocycles. The standard InChI is InChI=1S/C18H26IN7O3S/c1-13-8-16(22-24(13)2)21-15-9-17(25-5-3-4-14(10-25)20-11-27)23-26(18(15)28)12-29-6-7-30-19/h8-9,11,14H,3-7,10,12H2,1-2H3,(H,20,27)(H,21,22). The van der Waals surface area contributed by atoms with Crippen LogP contribution < -0.4 is 21.1 Å². The van der Waals surface area contributed by atoms with E-state index in [4.69, 9.17) is 4.74 Å². The summed E-state index contributed by atoms with van der Waals surface area (Å²) in [4.78, 5) is 25.9. The number of piperidine rings is 1. The second-order valence-corrected chi connectivity index (χ2v) is 9.56. The van der Waals surface area contributed by atoms with Crippen molar-refractivity contribution < 1.29 is 9.53 Å². The summed E-state index contributed by atoms with van der Waals surface area (Å²) in [6.07, 6.45) is 2.58. The highest BCUT2D eigenvalue weighted by molar-refractivity contribution is 14.2. The van der Waals surface area contributed by atoms with Crippen molar-refractivity contribution >= 4 is 53.9 Å². The molecule has 1 atom stereocenters. The van der Waals surface area contributed by atoms with Crippen LogP contribution in [0.25, 0.3) is 0 Å². The Hall–Kier alpha value is -1.80. The Morgan fingerprint density at radius 2 is 2.23 bits per heavy atom. The highest BCUT2D eigenvalue weighted by Crippen LogP contribution is 2.21. The van der Waals surface area contributed by atoms with Crippen molar-refractivity contribution in [1.82, 2.24) is 24.9 Å². The van der Waals surface area contributed by atoms with E-state index in [9.17, 15) is 9.59 Å². The van der Waals surface area contributed by atoms with E-state index in [-0.39, 0.29) is 18.3 Å². The zero-order valence-electron chi connectivity index (χ0n) is 17.0. The Balaban J connectivity index is 1.88. The number of carbonyl (C=O) groups excluding carboxylic acids is 1. The Morgan fingerprint density at radius 1 is 1.40 bits per heavy atom. The van der Waals surface area contributed by atoms with Gasteiger partial charge >= 0.3 is 0 Å². The lowest BCUT2D eigenvalue weighted by Gasteiger charge is -2.33. The normalized spacial score (nSPS) is 16.5. The molecule has 1 unspecified atom stereocenters. The lowest BCUT2D eigenvalue weighted by molar-refractivity contribution is -0.110. The second-order valence-electron chi connectivity index (χ2n) is 7.06. The van der Waals surface area contributed by atoms with E-state index in [1.165, 1.54) is 4.68 Å². The number of carbonyl (C=O) groups is 1. The molecular weight excluding hydrogens is 521 g/mol. The summed E-state index contributed by atoms with van der Waals surface area (Å²) in [6, 6.07) is 3.68. The van der Waals surface area contributed by atoms with Crippen LogP contribution in [0.2, 0.25) is 0 Å². The highest BCUT2D eigenvalue weighted by atomic mass is 127. The van der Waals surface area contributed by atoms with Gasteiger partial charge in [-0.2, -0.15) is 9.78 Å². The second kappa shape index (κ2) is 11.0. The van der Waals surface area contributed by atoms with E-state index in [1.54, 1.807) is 19.7 Å². The predicted molar refractivity (Wildman–Crippen MR) is 127 cm³/mol. The molecule has 1 fully saturated rings. The number of aromatic nitrogens is 4. The molecule has 0 saturated carbocycles. The van der Waals surface area contributed by atoms with Crippen molar-refractivity contribution in [1.29, 1.82) is 0 Å². The van der Waals surface area contributed by atoms with Crippen molar-refractivity contribution in [3.8, 4) is 0 Å². The van der Waals surface area contributed by atoms with Gasteiger partial charge in [-0.3, -0.25) is 14.3 Å². The van der Waals surface area contributed by atoms with Crippen LogP contribution in [0.5, 0.6) is 0 Å². The first-order chi connectivity index (χ1) is 14.5. The molecule has 1 saturated heterocycles. The third kappa shape index (κ3) is 5.88. The Morgan fingerprint density at radius 3 is 2.93 bits per heavy atom. The maximum atomic E-state index is 13.0. The molecule has 30 heavy (non-hydrogen) atoms. The van der Waals surface area contributed by atoms with E-state index in [2.05, 4.69) is 46.9 Å². The molecule has 10 nitrogen and oxygen atoms in total. The van der Waals surface area contributed by atoms with Gasteiger partial charge in [-0.05, 0) is 41.0 Å². The van der Waals surface area contributed by atoms with Crippen LogP contribution in [-0.2, 0) is 23.3 Å². The number of aryl methyl sites for hydroxylation is 2. The van der Waals surface area contributed by atoms with Crippen LogP contribution in [0, 0.1) is 6.92 Å². The smallest absolute Gasteiger partial charge is 0.292 e. The van der Waals surface area contributed by atoms with Gasteiger partial charge in [0.25, 0.3) is 5.56 Å². The SMILES string of the molecule is Cc1cc(Nc2cc(N3CCCC(NC=O)C3)nn(COCCSI)c2=O)nn1C. The minimum Gasteiger partial charge on any atom is -0.358 e. The number of hydrogen-bond donors (Lipinski definition) is 2. The van der Waals surface area contributed by atoms with E-state index in [1.807, 2.05) is 20.0 Å². The average molecular weight is 547 g/mol. The fourth-order valence-corrected chi connectivity index (χ4v) is 4.00. The molecule has 0 radical (unpaired) electrons. The highest BCUT2D eigenvalue weighted by Gasteiger charge is 2.22. The number of anilines is 3. The van der Waals surface area contributed by atoms with Gasteiger partial charge in [-0.25, -0.2) is 0 Å². The number of nitrogens with zero attached hydrogens (tertiary/aromatic N) is 5. The number of hydrogen-bond acceptors (Lipinski definition) is 8. The van der Waals surface area contributed by atoms with Crippen molar-refractivity contribution in [2.24, 2.45) is 7.05 Å². The molecule has 0 spiro atoms. The lowest BCUT2D eigenvalue weighted by atomic mass is 10.1. The molecule has 1 aliphatic rings. The number of halogens is 1. The Labute approximate surface area is 191 Å². The van der Waals surface area contributed by atoms with Gasteiger partial charge in [0.2, 0.25) is 6.41 Å². The summed E-state index contributed by atoms with van der Waals surface area (Å²) < 4.78 is 8.70. The minimum atomic E-state index is -0.274. The maximum absolute atomic E-state index is 13.0. The number of ether oxygens (including phenoxy) is 1. The first kappa shape index (κ1) is 22.9. The molecule has 2 N–H and O–H groups in total. The van der Waals surface area contributed by atoms with Crippen LogP contribution >= 0.6 is 30.1 Å². The van der Waals surface area contributed by atoms with Gasteiger partial charge in [0.05, 0.1) is 6.61 Å². The molecule has 0 bridgehead atoms. The van der Waals surface area contributed by atoms with Gasteiger partial charge in [-0.1, -0.05) is 8.93 Å². The number of amides is 1. The quantitative estimate of drug-likeness (QED) is 0.264. The summed E-state index contributed by atoms with van der Waals surface area (Å²) in [5, 5.41) is 14.9. The van der Waals surface area contributed by atoms with Crippen LogP contribution in [0.15, 0.2) is 16.9 Å². The zero-order chi connectivity index (χ0) is 21.5. The first-order valence-electron chi connectivity index (χ1n) is 9.67. The maximum Gasteiger partial charge on any atom is 0.292 e. The molecular formula is C18H26IN7O3S. The molecule has 12 heteroatoms. The van der Waals surface area contributed by atoms with Crippen molar-refractivity contribution in [3.05, 3.63) is 28.2 Å². The summed E-state index contributed by atoms with van der Waals surface area (Å²) in [7, 11) is 3.50. The van der Waals surface area contributed by atoms with E-state index in [0.717, 1.165) is 37.2 Å². The largest absolute Gasteiger partial charge is 0.358 e. The Bertz CT molecular complexity index is 900. The van der Waals surface area contributed by atoms with E-state index < -0.39 is 0 Å². The topological polar surface area (TPSA) is 106 Å². The summed E-state index contributed by atoms with van der Waals surface area (Å²) in [6.45, 7) is 3.99. The molecule has 0 aromatic carbocycles. The number of nitrogens with one attached hydrogen (secondary N) is 2. The molecule has 1 aliphatic heterocycles. The van der Waals surface area contributed by atoms with E-state index in [0.29, 0.717) is 30.5 Å². The Kier molecular flexibility index (Phi) is 8.39. The van der Waals surface area contributed by atoms with Gasteiger partial charge in [0.15, 0.2) is 11.6 Å². The molecule has 0 aliphatic carbocycles. The van der Waals surface area contributed by atoms with Crippen LogP contribution in [-0.4, -0.2) is 57.5 Å². The number of rotatable bonds is 10. The monoisotopic (exact) mass is 547 g/mol. The van der Waals surface area contributed by atoms with Crippen LogP contribution in [0.4, 0.5) is 17.3 Å². The molecule has 3 heterocycles. The molecule has 164 valence electrons. The van der Waals surface area contributed by atoms with Crippen molar-refractivity contribution in [3.63, 3.8) is 0 Å². The molecule has 2 aromatic rings. The van der Waals surface area contributed by atoms with Crippen molar-refractivity contribution in [2.45, 2.75) is 32.5 Å². The fraction of sp³-hybridized carbons (Fsp3) is 0.556. The van der Waals surface area contributed by atoms with Gasteiger partial charge in [-0.15, -0.1) is 5.10 Å². The third-order valence-electron chi connectivity index (χ3n) is 4.91. The van der Waals surface area contributed by atoms with Crippen LogP contribution in [0.3, 0.4) is 0 Å². The molecule has 3 rings (SSSR count). The summed E-state index contributed by atoms with van der Waals surface area (Å²) in [5.41, 5.74) is 1.09. The van der Waals surface area contributed by atoms with Crippen molar-refractivity contribution in [2.75, 3.05) is 35.7 Å². The average Bonchev–Trinajstić information content (AvgIpc) is 3.05. The van der Waals surface area contributed by atoms with Gasteiger partial charge < -0.3 is 20.3 Å². The summed E-state index contributed by atoms with van der Waals surface area (Å²) in [5.74, 6) is 2.09. The van der Waals surface area contributed by atoms with E-state index >= 15 is 0 Å². The zero-order valence-corrected chi connectivity index (χ0v) is 20.0. The van der Waals surface area contributed by atoms with Gasteiger partial charge in [0.1, 0.15) is 12.4 Å². The van der Waals surface area contributed by atoms with Crippen LogP contribution in [0.1, 0.15) is 18.5 Å². The van der Waals surface area contributed by atoms with Gasteiger partial charge in [0, 0.05) is 49.8 Å². The first-order valence-corrected chi connectivity index (χ1v) is 13.2. The third-order valence-corrected chi connectivity index (χ3v) is 6.55.